The Labute approximate surface area is 228 Å². The Bertz CT molecular complexity index is 1640. The van der Waals surface area contributed by atoms with Crippen LogP contribution in [-0.2, 0) is 10.7 Å². The van der Waals surface area contributed by atoms with Crippen LogP contribution in [0.25, 0.3) is 22.5 Å². The zero-order chi connectivity index (χ0) is 28.2. The minimum absolute atomic E-state index is 0.112. The predicted molar refractivity (Wildman–Crippen MR) is 132 cm³/mol. The Hall–Kier alpha value is -4.17. The minimum atomic E-state index is -3.86. The van der Waals surface area contributed by atoms with Gasteiger partial charge in [0, 0.05) is 29.4 Å². The van der Waals surface area contributed by atoms with E-state index in [1.807, 2.05) is 0 Å². The van der Waals surface area contributed by atoms with Crippen molar-refractivity contribution < 1.29 is 27.5 Å². The van der Waals surface area contributed by atoms with Gasteiger partial charge in [-0.25, -0.2) is 13.8 Å². The van der Waals surface area contributed by atoms with Gasteiger partial charge in [0.2, 0.25) is 5.91 Å². The molecule has 5 heterocycles. The predicted octanol–water partition coefficient (Wildman–Crippen LogP) is 3.98. The second-order valence-corrected chi connectivity index (χ2v) is 9.85. The molecular formula is C25H19ClF4N8O2. The average molecular weight is 575 g/mol. The van der Waals surface area contributed by atoms with E-state index in [2.05, 4.69) is 30.5 Å². The quantitative estimate of drug-likeness (QED) is 0.334. The molecule has 40 heavy (non-hydrogen) atoms. The van der Waals surface area contributed by atoms with Crippen LogP contribution in [-0.4, -0.2) is 63.7 Å². The number of aromatic nitrogens is 7. The molecule has 3 aromatic heterocycles. The lowest BCUT2D eigenvalue weighted by Crippen LogP contribution is -2.39. The Morgan fingerprint density at radius 1 is 1.15 bits per heavy atom. The number of hydrogen-bond acceptors (Lipinski definition) is 7. The number of alkyl halides is 2. The summed E-state index contributed by atoms with van der Waals surface area (Å²) in [5.41, 5.74) is -0.377. The van der Waals surface area contributed by atoms with Crippen LogP contribution in [0.15, 0.2) is 43.0 Å². The number of nitrogens with zero attached hydrogens (tertiary/aromatic N) is 7. The van der Waals surface area contributed by atoms with E-state index in [-0.39, 0.29) is 33.8 Å². The van der Waals surface area contributed by atoms with Crippen LogP contribution in [0.4, 0.5) is 17.6 Å². The maximum Gasteiger partial charge on any atom is 0.315 e. The molecule has 0 radical (unpaired) electrons. The van der Waals surface area contributed by atoms with E-state index in [0.717, 1.165) is 6.20 Å². The maximum absolute atomic E-state index is 15.3. The topological polar surface area (TPSA) is 126 Å². The summed E-state index contributed by atoms with van der Waals surface area (Å²) in [4.78, 5) is 25.7. The number of hydrogen-bond donors (Lipinski definition) is 2. The van der Waals surface area contributed by atoms with Crippen LogP contribution in [0.3, 0.4) is 0 Å². The summed E-state index contributed by atoms with van der Waals surface area (Å²) in [5.74, 6) is -5.88. The van der Waals surface area contributed by atoms with E-state index in [4.69, 9.17) is 16.7 Å². The number of halogens is 5. The van der Waals surface area contributed by atoms with Gasteiger partial charge in [-0.05, 0) is 53.5 Å². The number of aliphatic hydroxyl groups is 1. The third kappa shape index (κ3) is 4.23. The lowest BCUT2D eigenvalue weighted by Gasteiger charge is -2.33. The monoisotopic (exact) mass is 574 g/mol. The lowest BCUT2D eigenvalue weighted by molar-refractivity contribution is -0.129. The lowest BCUT2D eigenvalue weighted by atomic mass is 9.92. The fourth-order valence-corrected chi connectivity index (χ4v) is 5.49. The number of amides is 1. The zero-order valence-electron chi connectivity index (χ0n) is 20.4. The van der Waals surface area contributed by atoms with Crippen molar-refractivity contribution in [1.29, 1.82) is 0 Å². The highest BCUT2D eigenvalue weighted by Crippen LogP contribution is 2.44. The number of nitrogens with one attached hydrogen (secondary N) is 1. The molecule has 1 amide bonds. The second-order valence-electron chi connectivity index (χ2n) is 9.44. The number of carbonyl (C=O) groups is 1. The number of aliphatic hydroxyl groups excluding tert-OH is 1. The molecule has 0 aliphatic carbocycles. The van der Waals surface area contributed by atoms with Gasteiger partial charge in [-0.15, -0.1) is 5.10 Å². The number of H-pyrrole nitrogens is 1. The van der Waals surface area contributed by atoms with Crippen molar-refractivity contribution in [3.05, 3.63) is 76.7 Å². The number of fused-ring (bicyclic) bond motifs is 1. The van der Waals surface area contributed by atoms with Crippen molar-refractivity contribution in [3.63, 3.8) is 0 Å². The van der Waals surface area contributed by atoms with E-state index >= 15 is 4.39 Å². The molecule has 15 heteroatoms. The van der Waals surface area contributed by atoms with Crippen molar-refractivity contribution in [2.24, 2.45) is 0 Å². The van der Waals surface area contributed by atoms with E-state index in [1.54, 1.807) is 11.0 Å². The Balaban J connectivity index is 1.31. The molecule has 0 saturated carbocycles. The molecule has 1 aromatic carbocycles. The number of benzene rings is 1. The van der Waals surface area contributed by atoms with Gasteiger partial charge >= 0.3 is 5.92 Å². The molecule has 2 N–H and O–H groups in total. The van der Waals surface area contributed by atoms with E-state index in [1.165, 1.54) is 35.4 Å². The molecular weight excluding hydrogens is 556 g/mol. The van der Waals surface area contributed by atoms with Crippen LogP contribution in [0.5, 0.6) is 0 Å². The second kappa shape index (κ2) is 9.78. The molecule has 6 rings (SSSR count). The standard InChI is InChI=1S/C25H19ClF4N8O2/c26-15-2-4-17(37-11-33-35-36-37)20(22(15)28)12-7-13-1-3-18(38(13)19(40)8-12)24-32-9-16(34-24)14-5-6-31-23(21(14)27)25(29,30)10-39/h2,4-6,8-9,11,13,18,39H,1,3,7,10H2,(H,32,34)/t13-,18?/m1/s1. The molecule has 0 spiro atoms. The number of carbonyl (C=O) groups excluding carboxylic acids is 1. The minimum Gasteiger partial charge on any atom is -0.390 e. The van der Waals surface area contributed by atoms with Crippen molar-refractivity contribution in [3.8, 4) is 16.9 Å². The summed E-state index contributed by atoms with van der Waals surface area (Å²) in [6.45, 7) is -1.60. The SMILES string of the molecule is O=C1C=C(c2c(-n3cnnn3)ccc(Cl)c2F)C[C@H]2CCC(c3ncc(-c4ccnc(C(F)(F)CO)c4F)[nH]3)N12. The molecule has 0 bridgehead atoms. The first-order chi connectivity index (χ1) is 19.2. The van der Waals surface area contributed by atoms with Crippen molar-refractivity contribution in [1.82, 2.24) is 40.1 Å². The van der Waals surface area contributed by atoms with Gasteiger partial charge in [-0.1, -0.05) is 11.6 Å². The summed E-state index contributed by atoms with van der Waals surface area (Å²) in [6, 6.07) is 3.36. The molecule has 1 unspecified atom stereocenters. The molecule has 2 aliphatic heterocycles. The summed E-state index contributed by atoms with van der Waals surface area (Å²) in [5, 5.41) is 19.9. The van der Waals surface area contributed by atoms with Gasteiger partial charge in [-0.3, -0.25) is 9.78 Å². The fraction of sp³-hybridized carbons (Fsp3) is 0.280. The highest BCUT2D eigenvalue weighted by atomic mass is 35.5. The van der Waals surface area contributed by atoms with Crippen LogP contribution in [0.2, 0.25) is 5.02 Å². The molecule has 4 aromatic rings. The average Bonchev–Trinajstić information content (AvgIpc) is 3.71. The fourth-order valence-electron chi connectivity index (χ4n) is 5.33. The van der Waals surface area contributed by atoms with Crippen molar-refractivity contribution in [2.75, 3.05) is 6.61 Å². The first-order valence-electron chi connectivity index (χ1n) is 12.1. The van der Waals surface area contributed by atoms with Crippen LogP contribution in [0, 0.1) is 11.6 Å². The normalized spacial score (nSPS) is 19.2. The Kier molecular flexibility index (Phi) is 6.38. The van der Waals surface area contributed by atoms with Crippen LogP contribution >= 0.6 is 11.6 Å². The van der Waals surface area contributed by atoms with Gasteiger partial charge in [0.1, 0.15) is 24.5 Å². The summed E-state index contributed by atoms with van der Waals surface area (Å²) >= 11 is 6.07. The zero-order valence-corrected chi connectivity index (χ0v) is 21.2. The number of pyridine rings is 1. The summed E-state index contributed by atoms with van der Waals surface area (Å²) in [7, 11) is 0. The highest BCUT2D eigenvalue weighted by Gasteiger charge is 2.42. The molecule has 2 atom stereocenters. The summed E-state index contributed by atoms with van der Waals surface area (Å²) in [6.07, 6.45) is 6.36. The first kappa shape index (κ1) is 26.1. The number of tetrazole rings is 1. The van der Waals surface area contributed by atoms with Gasteiger partial charge in [-0.2, -0.15) is 13.5 Å². The van der Waals surface area contributed by atoms with Gasteiger partial charge < -0.3 is 15.0 Å². The third-order valence-corrected chi connectivity index (χ3v) is 7.43. The number of rotatable bonds is 6. The largest absolute Gasteiger partial charge is 0.390 e. The smallest absolute Gasteiger partial charge is 0.315 e. The van der Waals surface area contributed by atoms with Crippen molar-refractivity contribution >= 4 is 23.1 Å². The van der Waals surface area contributed by atoms with Crippen LogP contribution < -0.4 is 0 Å². The van der Waals surface area contributed by atoms with E-state index in [9.17, 15) is 18.0 Å². The highest BCUT2D eigenvalue weighted by molar-refractivity contribution is 6.31. The van der Waals surface area contributed by atoms with Gasteiger partial charge in [0.15, 0.2) is 11.6 Å². The van der Waals surface area contributed by atoms with Crippen molar-refractivity contribution in [2.45, 2.75) is 37.3 Å². The maximum atomic E-state index is 15.3. The number of imidazole rings is 1. The molecule has 1 saturated heterocycles. The summed E-state index contributed by atoms with van der Waals surface area (Å²) < 4.78 is 59.4. The number of aromatic amines is 1. The Morgan fingerprint density at radius 2 is 1.98 bits per heavy atom. The molecule has 206 valence electrons. The first-order valence-corrected chi connectivity index (χ1v) is 12.5. The molecule has 2 aliphatic rings. The van der Waals surface area contributed by atoms with Crippen LogP contribution in [0.1, 0.15) is 42.4 Å². The van der Waals surface area contributed by atoms with Gasteiger partial charge in [0.05, 0.1) is 28.6 Å². The van der Waals surface area contributed by atoms with Gasteiger partial charge in [0.25, 0.3) is 0 Å². The Morgan fingerprint density at radius 3 is 2.73 bits per heavy atom. The molecule has 1 fully saturated rings. The molecule has 10 nitrogen and oxygen atoms in total. The van der Waals surface area contributed by atoms with E-state index < -0.39 is 35.9 Å². The van der Waals surface area contributed by atoms with E-state index in [0.29, 0.717) is 36.3 Å². The third-order valence-electron chi connectivity index (χ3n) is 7.14.